The molecule has 1 unspecified atom stereocenters. The highest BCUT2D eigenvalue weighted by molar-refractivity contribution is 8.68. The van der Waals surface area contributed by atoms with Crippen LogP contribution in [-0.2, 0) is 6.42 Å². The van der Waals surface area contributed by atoms with Crippen LogP contribution >= 0.6 is 22.5 Å². The zero-order valence-electron chi connectivity index (χ0n) is 13.4. The van der Waals surface area contributed by atoms with Gasteiger partial charge in [-0.05, 0) is 53.0 Å². The molecule has 0 fully saturated rings. The lowest BCUT2D eigenvalue weighted by molar-refractivity contribution is 0.453. The lowest BCUT2D eigenvalue weighted by Crippen LogP contribution is -2.18. The standard InChI is InChI=1S/C17H16N4O2S2/c1-10(13-7-12-3-2-4-21(12)19-16(13)23)5-11-6-15-18-17(25-24)14(22)9-20(15)8-11/h2-4,6-10,22,24H,5H2,1H3,(H,19,23). The minimum Gasteiger partial charge on any atom is -0.504 e. The monoisotopic (exact) mass is 372 g/mol. The van der Waals surface area contributed by atoms with Crippen LogP contribution in [0, 0.1) is 0 Å². The molecule has 4 heterocycles. The molecule has 0 spiro atoms. The highest BCUT2D eigenvalue weighted by Gasteiger charge is 2.14. The van der Waals surface area contributed by atoms with Crippen LogP contribution in [0.4, 0.5) is 0 Å². The van der Waals surface area contributed by atoms with Crippen molar-refractivity contribution < 1.29 is 5.11 Å². The van der Waals surface area contributed by atoms with Crippen LogP contribution in [-0.4, -0.2) is 24.1 Å². The fraction of sp³-hybridized carbons (Fsp3) is 0.176. The summed E-state index contributed by atoms with van der Waals surface area (Å²) >= 11 is 4.10. The first-order valence-electron chi connectivity index (χ1n) is 7.77. The molecule has 0 aliphatic heterocycles. The topological polar surface area (TPSA) is 74.8 Å². The average Bonchev–Trinajstić information content (AvgIpc) is 3.18. The third-order valence-corrected chi connectivity index (χ3v) is 5.30. The summed E-state index contributed by atoms with van der Waals surface area (Å²) < 4.78 is 3.50. The summed E-state index contributed by atoms with van der Waals surface area (Å²) in [6.45, 7) is 2.03. The van der Waals surface area contributed by atoms with Gasteiger partial charge in [0.2, 0.25) is 0 Å². The van der Waals surface area contributed by atoms with Gasteiger partial charge in [-0.1, -0.05) is 6.92 Å². The fourth-order valence-electron chi connectivity index (χ4n) is 3.08. The number of aromatic nitrogens is 4. The normalized spacial score (nSPS) is 12.9. The van der Waals surface area contributed by atoms with Gasteiger partial charge in [-0.2, -0.15) is 0 Å². The molecule has 0 saturated heterocycles. The molecule has 6 nitrogen and oxygen atoms in total. The summed E-state index contributed by atoms with van der Waals surface area (Å²) in [5.41, 5.74) is 3.43. The zero-order valence-corrected chi connectivity index (χ0v) is 15.1. The van der Waals surface area contributed by atoms with Crippen LogP contribution in [0.15, 0.2) is 52.7 Å². The lowest BCUT2D eigenvalue weighted by atomic mass is 9.96. The van der Waals surface area contributed by atoms with Crippen LogP contribution in [0.2, 0.25) is 0 Å². The molecule has 1 atom stereocenters. The number of nitrogens with one attached hydrogen (secondary N) is 1. The molecule has 4 rings (SSSR count). The van der Waals surface area contributed by atoms with Gasteiger partial charge in [-0.25, -0.2) is 4.98 Å². The minimum absolute atomic E-state index is 0.0494. The van der Waals surface area contributed by atoms with Crippen LogP contribution in [0.25, 0.3) is 11.2 Å². The molecule has 25 heavy (non-hydrogen) atoms. The number of fused-ring (bicyclic) bond motifs is 2. The summed E-state index contributed by atoms with van der Waals surface area (Å²) in [4.78, 5) is 16.7. The van der Waals surface area contributed by atoms with E-state index in [-0.39, 0.29) is 17.2 Å². The van der Waals surface area contributed by atoms with Gasteiger partial charge in [0.25, 0.3) is 5.56 Å². The Kier molecular flexibility index (Phi) is 4.01. The highest BCUT2D eigenvalue weighted by atomic mass is 33.1. The maximum atomic E-state index is 12.3. The first-order valence-corrected chi connectivity index (χ1v) is 9.64. The summed E-state index contributed by atoms with van der Waals surface area (Å²) in [6.07, 6.45) is 6.07. The second-order valence-electron chi connectivity index (χ2n) is 6.09. The number of thiol groups is 1. The van der Waals surface area contributed by atoms with Gasteiger partial charge in [-0.15, -0.1) is 11.7 Å². The maximum Gasteiger partial charge on any atom is 0.266 e. The van der Waals surface area contributed by atoms with E-state index in [4.69, 9.17) is 0 Å². The Hall–Kier alpha value is -2.32. The quantitative estimate of drug-likeness (QED) is 0.292. The summed E-state index contributed by atoms with van der Waals surface area (Å²) in [6, 6.07) is 7.75. The van der Waals surface area contributed by atoms with Crippen LogP contribution in [0.5, 0.6) is 5.75 Å². The second-order valence-corrected chi connectivity index (χ2v) is 7.20. The summed E-state index contributed by atoms with van der Waals surface area (Å²) in [7, 11) is 1.11. The Morgan fingerprint density at radius 2 is 2.24 bits per heavy atom. The van der Waals surface area contributed by atoms with E-state index >= 15 is 0 Å². The van der Waals surface area contributed by atoms with Gasteiger partial charge < -0.3 is 9.51 Å². The number of H-pyrrole nitrogens is 1. The zero-order chi connectivity index (χ0) is 17.6. The Labute approximate surface area is 152 Å². The SMILES string of the molecule is CC(Cc1cc2nc(SS)c(O)cn2c1)c1cc2cccn2[nH]c1=O. The molecule has 128 valence electrons. The predicted molar refractivity (Wildman–Crippen MR) is 102 cm³/mol. The largest absolute Gasteiger partial charge is 0.504 e. The minimum atomic E-state index is -0.0792. The molecule has 2 N–H and O–H groups in total. The molecule has 0 aliphatic rings. The van der Waals surface area contributed by atoms with Gasteiger partial charge in [0, 0.05) is 18.0 Å². The van der Waals surface area contributed by atoms with Crippen molar-refractivity contribution in [3.05, 3.63) is 64.3 Å². The highest BCUT2D eigenvalue weighted by Crippen LogP contribution is 2.30. The molecular weight excluding hydrogens is 356 g/mol. The van der Waals surface area contributed by atoms with E-state index in [0.717, 1.165) is 33.1 Å². The van der Waals surface area contributed by atoms with E-state index in [1.807, 2.05) is 43.6 Å². The van der Waals surface area contributed by atoms with Crippen molar-refractivity contribution in [1.29, 1.82) is 0 Å². The summed E-state index contributed by atoms with van der Waals surface area (Å²) in [5, 5.41) is 13.2. The number of hydrogen-bond acceptors (Lipinski definition) is 5. The van der Waals surface area contributed by atoms with Gasteiger partial charge >= 0.3 is 0 Å². The maximum absolute atomic E-state index is 12.3. The van der Waals surface area contributed by atoms with E-state index in [9.17, 15) is 9.90 Å². The van der Waals surface area contributed by atoms with E-state index < -0.39 is 0 Å². The Balaban J connectivity index is 1.67. The predicted octanol–water partition coefficient (Wildman–Crippen LogP) is 3.26. The molecule has 8 heteroatoms. The van der Waals surface area contributed by atoms with Crippen molar-refractivity contribution in [1.82, 2.24) is 19.0 Å². The molecule has 0 radical (unpaired) electrons. The third-order valence-electron chi connectivity index (χ3n) is 4.31. The molecule has 0 amide bonds. The molecule has 4 aromatic heterocycles. The molecule has 0 aromatic carbocycles. The van der Waals surface area contributed by atoms with E-state index in [2.05, 4.69) is 21.7 Å². The second kappa shape index (κ2) is 6.20. The molecule has 4 aromatic rings. The molecule has 0 bridgehead atoms. The molecule has 0 saturated carbocycles. The molecular formula is C17H16N4O2S2. The first kappa shape index (κ1) is 16.2. The van der Waals surface area contributed by atoms with Crippen LogP contribution < -0.4 is 5.56 Å². The summed E-state index contributed by atoms with van der Waals surface area (Å²) in [5.74, 6) is 0.145. The van der Waals surface area contributed by atoms with Crippen molar-refractivity contribution in [3.63, 3.8) is 0 Å². The average molecular weight is 372 g/mol. The van der Waals surface area contributed by atoms with Gasteiger partial charge in [0.1, 0.15) is 5.65 Å². The van der Waals surface area contributed by atoms with Crippen molar-refractivity contribution in [2.45, 2.75) is 24.3 Å². The van der Waals surface area contributed by atoms with E-state index in [1.165, 1.54) is 0 Å². The number of hydrogen-bond donors (Lipinski definition) is 3. The van der Waals surface area contributed by atoms with Gasteiger partial charge in [-0.3, -0.25) is 14.4 Å². The Morgan fingerprint density at radius 1 is 1.40 bits per heavy atom. The van der Waals surface area contributed by atoms with Crippen molar-refractivity contribution in [3.8, 4) is 5.75 Å². The fourth-order valence-corrected chi connectivity index (χ4v) is 3.77. The van der Waals surface area contributed by atoms with Gasteiger partial charge in [0.15, 0.2) is 10.8 Å². The van der Waals surface area contributed by atoms with Gasteiger partial charge in [0.05, 0.1) is 11.7 Å². The number of rotatable bonds is 4. The smallest absolute Gasteiger partial charge is 0.266 e. The first-order chi connectivity index (χ1) is 12.0. The Bertz CT molecular complexity index is 1130. The van der Waals surface area contributed by atoms with E-state index in [0.29, 0.717) is 11.4 Å². The molecule has 0 aliphatic carbocycles. The van der Waals surface area contributed by atoms with Crippen LogP contribution in [0.1, 0.15) is 24.0 Å². The lowest BCUT2D eigenvalue weighted by Gasteiger charge is -2.10. The number of aromatic hydroxyl groups is 1. The van der Waals surface area contributed by atoms with Crippen molar-refractivity contribution in [2.75, 3.05) is 0 Å². The number of aromatic amines is 1. The van der Waals surface area contributed by atoms with Crippen molar-refractivity contribution >= 4 is 33.6 Å². The third kappa shape index (κ3) is 2.91. The number of nitrogens with zero attached hydrogens (tertiary/aromatic N) is 3. The van der Waals surface area contributed by atoms with Crippen LogP contribution in [0.3, 0.4) is 0 Å². The van der Waals surface area contributed by atoms with E-state index in [1.54, 1.807) is 15.1 Å². The van der Waals surface area contributed by atoms with Crippen molar-refractivity contribution in [2.24, 2.45) is 0 Å². The Morgan fingerprint density at radius 3 is 3.04 bits per heavy atom.